The van der Waals surface area contributed by atoms with Crippen LogP contribution in [0.2, 0.25) is 0 Å². The number of hydrogen-bond donors (Lipinski definition) is 2. The van der Waals surface area contributed by atoms with E-state index in [1.807, 2.05) is 0 Å². The van der Waals surface area contributed by atoms with Crippen LogP contribution in [0.25, 0.3) is 0 Å². The summed E-state index contributed by atoms with van der Waals surface area (Å²) in [6.07, 6.45) is 0.939. The summed E-state index contributed by atoms with van der Waals surface area (Å²) < 4.78 is 5.35. The number of carboxylic acid groups (broad SMARTS) is 1. The van der Waals surface area contributed by atoms with E-state index in [2.05, 4.69) is 5.32 Å². The maximum absolute atomic E-state index is 10.9. The third-order valence-corrected chi connectivity index (χ3v) is 2.51. The number of nitrogens with one attached hydrogen (secondary N) is 1. The Morgan fingerprint density at radius 2 is 2.43 bits per heavy atom. The topological polar surface area (TPSA) is 61.8 Å². The highest BCUT2D eigenvalue weighted by Crippen LogP contribution is 2.21. The van der Waals surface area contributed by atoms with E-state index in [4.69, 9.17) is 9.84 Å². The molecule has 0 saturated heterocycles. The molecule has 0 aromatic carbocycles. The van der Waals surface area contributed by atoms with E-state index in [-0.39, 0.29) is 0 Å². The second kappa shape index (κ2) is 3.88. The van der Waals surface area contributed by atoms with Crippen LogP contribution in [0.15, 0.2) is 11.4 Å². The normalized spacial score (nSPS) is 22.4. The molecule has 2 heterocycles. The average molecular weight is 198 g/mol. The van der Waals surface area contributed by atoms with Crippen LogP contribution in [0.4, 0.5) is 4.79 Å². The summed E-state index contributed by atoms with van der Waals surface area (Å²) >= 11 is 0. The van der Waals surface area contributed by atoms with Crippen LogP contribution < -0.4 is 5.32 Å². The van der Waals surface area contributed by atoms with E-state index in [1.54, 1.807) is 0 Å². The molecule has 0 spiro atoms. The van der Waals surface area contributed by atoms with Crippen molar-refractivity contribution < 1.29 is 14.6 Å². The van der Waals surface area contributed by atoms with Gasteiger partial charge in [-0.3, -0.25) is 4.90 Å². The molecule has 1 amide bonds. The number of nitrogens with zero attached hydrogens (tertiary/aromatic N) is 1. The number of rotatable bonds is 0. The number of hydrogen-bond acceptors (Lipinski definition) is 3. The fourth-order valence-electron chi connectivity index (χ4n) is 1.86. The molecule has 0 aliphatic carbocycles. The third kappa shape index (κ3) is 1.68. The molecule has 5 nitrogen and oxygen atoms in total. The van der Waals surface area contributed by atoms with Crippen molar-refractivity contribution in [2.24, 2.45) is 0 Å². The molecule has 2 aliphatic heterocycles. The highest BCUT2D eigenvalue weighted by molar-refractivity contribution is 5.68. The van der Waals surface area contributed by atoms with E-state index in [0.717, 1.165) is 24.2 Å². The predicted octanol–water partition coefficient (Wildman–Crippen LogP) is 0.592. The van der Waals surface area contributed by atoms with Crippen LogP contribution in [0.3, 0.4) is 0 Å². The molecule has 2 rings (SSSR count). The van der Waals surface area contributed by atoms with Crippen LogP contribution in [0.1, 0.15) is 12.8 Å². The predicted molar refractivity (Wildman–Crippen MR) is 49.8 cm³/mol. The largest absolute Gasteiger partial charge is 0.465 e. The van der Waals surface area contributed by atoms with Crippen molar-refractivity contribution in [2.75, 3.05) is 26.3 Å². The molecule has 0 saturated carbocycles. The van der Waals surface area contributed by atoms with Gasteiger partial charge in [0, 0.05) is 13.1 Å². The van der Waals surface area contributed by atoms with Gasteiger partial charge in [-0.05, 0) is 18.4 Å². The van der Waals surface area contributed by atoms with Gasteiger partial charge in [0.05, 0.1) is 13.2 Å². The minimum atomic E-state index is -0.883. The Morgan fingerprint density at radius 1 is 1.57 bits per heavy atom. The van der Waals surface area contributed by atoms with E-state index in [0.29, 0.717) is 26.3 Å². The summed E-state index contributed by atoms with van der Waals surface area (Å²) in [5.41, 5.74) is 1.08. The molecular weight excluding hydrogens is 184 g/mol. The Kier molecular flexibility index (Phi) is 2.58. The summed E-state index contributed by atoms with van der Waals surface area (Å²) in [6.45, 7) is 2.47. The monoisotopic (exact) mass is 198 g/mol. The van der Waals surface area contributed by atoms with Gasteiger partial charge >= 0.3 is 6.09 Å². The minimum absolute atomic E-state index is 0.562. The second-order valence-electron chi connectivity index (χ2n) is 3.47. The fraction of sp³-hybridized carbons (Fsp3) is 0.667. The molecule has 0 atom stereocenters. The van der Waals surface area contributed by atoms with Crippen molar-refractivity contribution >= 4 is 6.09 Å². The Balaban J connectivity index is 2.23. The molecular formula is C9H14N2O3. The number of amides is 1. The summed E-state index contributed by atoms with van der Waals surface area (Å²) in [5.74, 6) is 0.751. The Bertz CT molecular complexity index is 275. The van der Waals surface area contributed by atoms with Gasteiger partial charge in [-0.15, -0.1) is 0 Å². The molecule has 0 radical (unpaired) electrons. The Morgan fingerprint density at radius 3 is 3.21 bits per heavy atom. The van der Waals surface area contributed by atoms with Gasteiger partial charge in [0.2, 0.25) is 0 Å². The quantitative estimate of drug-likeness (QED) is 0.598. The van der Waals surface area contributed by atoms with E-state index < -0.39 is 6.09 Å². The van der Waals surface area contributed by atoms with Crippen molar-refractivity contribution in [3.05, 3.63) is 11.4 Å². The van der Waals surface area contributed by atoms with Crippen molar-refractivity contribution in [3.8, 4) is 0 Å². The van der Waals surface area contributed by atoms with Gasteiger partial charge in [-0.25, -0.2) is 4.79 Å². The smallest absolute Gasteiger partial charge is 0.412 e. The van der Waals surface area contributed by atoms with Gasteiger partial charge in [-0.2, -0.15) is 0 Å². The summed E-state index contributed by atoms with van der Waals surface area (Å²) in [4.78, 5) is 12.3. The molecule has 0 bridgehead atoms. The minimum Gasteiger partial charge on any atom is -0.465 e. The Hall–Kier alpha value is -1.23. The zero-order valence-corrected chi connectivity index (χ0v) is 7.95. The first-order valence-corrected chi connectivity index (χ1v) is 4.83. The fourth-order valence-corrected chi connectivity index (χ4v) is 1.86. The van der Waals surface area contributed by atoms with Crippen molar-refractivity contribution in [3.63, 3.8) is 0 Å². The summed E-state index contributed by atoms with van der Waals surface area (Å²) in [6, 6.07) is 0. The molecule has 14 heavy (non-hydrogen) atoms. The standard InChI is InChI=1S/C9H14N2O3/c12-9(13)11-4-1-2-7-6-14-5-3-10-8(7)11/h10H,1-6H2,(H,12,13). The number of ether oxygens (including phenoxy) is 1. The molecule has 0 fully saturated rings. The van der Waals surface area contributed by atoms with E-state index in [9.17, 15) is 4.79 Å². The van der Waals surface area contributed by atoms with Crippen molar-refractivity contribution in [1.82, 2.24) is 10.2 Å². The summed E-state index contributed by atoms with van der Waals surface area (Å²) in [7, 11) is 0. The van der Waals surface area contributed by atoms with Crippen LogP contribution in [-0.4, -0.2) is 42.4 Å². The zero-order valence-electron chi connectivity index (χ0n) is 7.95. The average Bonchev–Trinajstić information content (AvgIpc) is 2.41. The first-order valence-electron chi connectivity index (χ1n) is 4.83. The SMILES string of the molecule is O=C(O)N1CCCC2=C1NCCOC2. The first-order chi connectivity index (χ1) is 6.79. The van der Waals surface area contributed by atoms with Gasteiger partial charge in [0.1, 0.15) is 5.82 Å². The lowest BCUT2D eigenvalue weighted by molar-refractivity contribution is 0.150. The molecule has 78 valence electrons. The van der Waals surface area contributed by atoms with E-state index in [1.165, 1.54) is 4.90 Å². The maximum atomic E-state index is 10.9. The Labute approximate surface area is 82.3 Å². The van der Waals surface area contributed by atoms with Crippen LogP contribution in [0, 0.1) is 0 Å². The van der Waals surface area contributed by atoms with Crippen molar-refractivity contribution in [2.45, 2.75) is 12.8 Å². The van der Waals surface area contributed by atoms with Crippen LogP contribution >= 0.6 is 0 Å². The molecule has 0 aromatic heterocycles. The lowest BCUT2D eigenvalue weighted by Gasteiger charge is -2.28. The maximum Gasteiger partial charge on any atom is 0.412 e. The molecule has 2 aliphatic rings. The van der Waals surface area contributed by atoms with Gasteiger partial charge < -0.3 is 15.2 Å². The highest BCUT2D eigenvalue weighted by atomic mass is 16.5. The molecule has 2 N–H and O–H groups in total. The lowest BCUT2D eigenvalue weighted by atomic mass is 10.1. The molecule has 5 heteroatoms. The van der Waals surface area contributed by atoms with Gasteiger partial charge in [-0.1, -0.05) is 0 Å². The zero-order chi connectivity index (χ0) is 9.97. The number of carbonyl (C=O) groups is 1. The second-order valence-corrected chi connectivity index (χ2v) is 3.47. The summed E-state index contributed by atoms with van der Waals surface area (Å²) in [5, 5.41) is 12.1. The first kappa shape index (κ1) is 9.33. The highest BCUT2D eigenvalue weighted by Gasteiger charge is 2.25. The van der Waals surface area contributed by atoms with Gasteiger partial charge in [0.15, 0.2) is 0 Å². The van der Waals surface area contributed by atoms with Crippen molar-refractivity contribution in [1.29, 1.82) is 0 Å². The van der Waals surface area contributed by atoms with Gasteiger partial charge in [0.25, 0.3) is 0 Å². The molecule has 0 aromatic rings. The van der Waals surface area contributed by atoms with Crippen LogP contribution in [-0.2, 0) is 4.74 Å². The third-order valence-electron chi connectivity index (χ3n) is 2.51. The molecule has 0 unspecified atom stereocenters. The van der Waals surface area contributed by atoms with E-state index >= 15 is 0 Å². The van der Waals surface area contributed by atoms with Crippen LogP contribution in [0.5, 0.6) is 0 Å². The lowest BCUT2D eigenvalue weighted by Crippen LogP contribution is -2.40.